The number of carbonyl (C=O) groups is 1. The van der Waals surface area contributed by atoms with Gasteiger partial charge in [0.05, 0.1) is 7.11 Å². The van der Waals surface area contributed by atoms with Crippen molar-refractivity contribution in [3.8, 4) is 0 Å². The van der Waals surface area contributed by atoms with Crippen LogP contribution < -0.4 is 5.73 Å². The Balaban J connectivity index is 2.09. The molecule has 2 saturated carbocycles. The molecular weight excluding hydrogens is 178 g/mol. The van der Waals surface area contributed by atoms with Gasteiger partial charge in [-0.25, -0.2) is 0 Å². The van der Waals surface area contributed by atoms with Crippen molar-refractivity contribution < 1.29 is 9.53 Å². The first-order valence-corrected chi connectivity index (χ1v) is 5.52. The van der Waals surface area contributed by atoms with Crippen LogP contribution in [0, 0.1) is 5.41 Å². The molecule has 2 aliphatic rings. The zero-order chi connectivity index (χ0) is 10.2. The third-order valence-corrected chi connectivity index (χ3v) is 4.05. The number of ether oxygens (including phenoxy) is 1. The Morgan fingerprint density at radius 1 is 1.21 bits per heavy atom. The van der Waals surface area contributed by atoms with Gasteiger partial charge in [-0.05, 0) is 19.3 Å². The normalized spacial score (nSPS) is 35.0. The number of hydrogen-bond acceptors (Lipinski definition) is 3. The molecule has 0 aromatic carbocycles. The van der Waals surface area contributed by atoms with Crippen LogP contribution in [0.15, 0.2) is 0 Å². The van der Waals surface area contributed by atoms with Gasteiger partial charge in [0, 0.05) is 5.41 Å². The highest BCUT2D eigenvalue weighted by Crippen LogP contribution is 2.62. The van der Waals surface area contributed by atoms with Crippen molar-refractivity contribution in [1.82, 2.24) is 0 Å². The fraction of sp³-hybridized carbons (Fsp3) is 0.909. The van der Waals surface area contributed by atoms with E-state index in [9.17, 15) is 4.79 Å². The first-order chi connectivity index (χ1) is 6.65. The van der Waals surface area contributed by atoms with Gasteiger partial charge in [0.2, 0.25) is 0 Å². The average molecular weight is 197 g/mol. The van der Waals surface area contributed by atoms with E-state index in [0.717, 1.165) is 19.3 Å². The zero-order valence-corrected chi connectivity index (χ0v) is 8.84. The summed E-state index contributed by atoms with van der Waals surface area (Å²) in [5.41, 5.74) is 5.55. The molecule has 1 spiro atoms. The van der Waals surface area contributed by atoms with E-state index >= 15 is 0 Å². The van der Waals surface area contributed by atoms with Crippen LogP contribution in [0.5, 0.6) is 0 Å². The molecule has 0 saturated heterocycles. The van der Waals surface area contributed by atoms with Crippen LogP contribution in [0.25, 0.3) is 0 Å². The highest BCUT2D eigenvalue weighted by atomic mass is 16.5. The van der Waals surface area contributed by atoms with Crippen molar-refractivity contribution in [3.05, 3.63) is 0 Å². The van der Waals surface area contributed by atoms with Gasteiger partial charge in [-0.1, -0.05) is 25.7 Å². The molecule has 0 aliphatic heterocycles. The van der Waals surface area contributed by atoms with Crippen LogP contribution in [0.4, 0.5) is 0 Å². The summed E-state index contributed by atoms with van der Waals surface area (Å²) in [7, 11) is 1.43. The molecule has 1 atom stereocenters. The minimum atomic E-state index is -0.647. The minimum Gasteiger partial charge on any atom is -0.468 e. The van der Waals surface area contributed by atoms with E-state index in [2.05, 4.69) is 0 Å². The highest BCUT2D eigenvalue weighted by Gasteiger charge is 2.69. The number of nitrogens with two attached hydrogens (primary N) is 1. The maximum atomic E-state index is 11.5. The summed E-state index contributed by atoms with van der Waals surface area (Å²) in [5.74, 6) is -0.209. The minimum absolute atomic E-state index is 0.0938. The van der Waals surface area contributed by atoms with Crippen molar-refractivity contribution in [3.63, 3.8) is 0 Å². The third kappa shape index (κ3) is 1.26. The van der Waals surface area contributed by atoms with Gasteiger partial charge in [-0.15, -0.1) is 0 Å². The number of rotatable bonds is 1. The lowest BCUT2D eigenvalue weighted by Gasteiger charge is -2.18. The van der Waals surface area contributed by atoms with Crippen LogP contribution in [0.1, 0.15) is 44.9 Å². The maximum absolute atomic E-state index is 11.5. The van der Waals surface area contributed by atoms with E-state index in [4.69, 9.17) is 10.5 Å². The van der Waals surface area contributed by atoms with Crippen LogP contribution in [-0.4, -0.2) is 18.6 Å². The van der Waals surface area contributed by atoms with Crippen LogP contribution in [0.3, 0.4) is 0 Å². The summed E-state index contributed by atoms with van der Waals surface area (Å²) in [4.78, 5) is 11.5. The van der Waals surface area contributed by atoms with E-state index in [1.165, 1.54) is 32.8 Å². The van der Waals surface area contributed by atoms with Crippen molar-refractivity contribution in [1.29, 1.82) is 0 Å². The zero-order valence-electron chi connectivity index (χ0n) is 8.84. The molecule has 2 N–H and O–H groups in total. The van der Waals surface area contributed by atoms with Crippen LogP contribution >= 0.6 is 0 Å². The fourth-order valence-electron chi connectivity index (χ4n) is 2.99. The molecule has 0 amide bonds. The first-order valence-electron chi connectivity index (χ1n) is 5.52. The van der Waals surface area contributed by atoms with Crippen LogP contribution in [-0.2, 0) is 9.53 Å². The third-order valence-electron chi connectivity index (χ3n) is 4.05. The van der Waals surface area contributed by atoms with Gasteiger partial charge in [0.1, 0.15) is 5.54 Å². The average Bonchev–Trinajstić information content (AvgIpc) is 2.86. The molecule has 2 rings (SSSR count). The molecule has 0 aromatic rings. The molecule has 2 fully saturated rings. The van der Waals surface area contributed by atoms with Gasteiger partial charge in [-0.3, -0.25) is 4.79 Å². The summed E-state index contributed by atoms with van der Waals surface area (Å²) in [6, 6.07) is 0. The van der Waals surface area contributed by atoms with Gasteiger partial charge >= 0.3 is 5.97 Å². The molecule has 80 valence electrons. The number of hydrogen-bond donors (Lipinski definition) is 1. The summed E-state index contributed by atoms with van der Waals surface area (Å²) >= 11 is 0. The van der Waals surface area contributed by atoms with Gasteiger partial charge in [0.25, 0.3) is 0 Å². The predicted octanol–water partition coefficient (Wildman–Crippen LogP) is 1.60. The lowest BCUT2D eigenvalue weighted by molar-refractivity contribution is -0.144. The maximum Gasteiger partial charge on any atom is 0.326 e. The van der Waals surface area contributed by atoms with E-state index in [1.807, 2.05) is 0 Å². The molecular formula is C11H19NO2. The standard InChI is InChI=1S/C11H19NO2/c1-14-9(13)11(12)8-10(11)6-4-2-3-5-7-10/h2-8,12H2,1H3/t11-/m0/s1. The Morgan fingerprint density at radius 2 is 1.79 bits per heavy atom. The van der Waals surface area contributed by atoms with E-state index in [1.54, 1.807) is 0 Å². The lowest BCUT2D eigenvalue weighted by atomic mass is 9.91. The van der Waals surface area contributed by atoms with E-state index in [0.29, 0.717) is 0 Å². The smallest absolute Gasteiger partial charge is 0.326 e. The molecule has 0 bridgehead atoms. The van der Waals surface area contributed by atoms with Crippen molar-refractivity contribution in [2.75, 3.05) is 7.11 Å². The Bertz CT molecular complexity index is 244. The largest absolute Gasteiger partial charge is 0.468 e. The monoisotopic (exact) mass is 197 g/mol. The summed E-state index contributed by atoms with van der Waals surface area (Å²) in [5, 5.41) is 0. The number of methoxy groups -OCH3 is 1. The topological polar surface area (TPSA) is 52.3 Å². The van der Waals surface area contributed by atoms with Crippen molar-refractivity contribution in [2.45, 2.75) is 50.5 Å². The second-order valence-electron chi connectivity index (χ2n) is 4.83. The number of carbonyl (C=O) groups excluding carboxylic acids is 1. The van der Waals surface area contributed by atoms with Crippen molar-refractivity contribution >= 4 is 5.97 Å². The molecule has 14 heavy (non-hydrogen) atoms. The predicted molar refractivity (Wildman–Crippen MR) is 53.7 cm³/mol. The molecule has 3 heteroatoms. The second-order valence-corrected chi connectivity index (χ2v) is 4.83. The van der Waals surface area contributed by atoms with Gasteiger partial charge in [0.15, 0.2) is 0 Å². The Kier molecular flexibility index (Phi) is 2.30. The number of esters is 1. The first kappa shape index (κ1) is 9.97. The molecule has 2 aliphatic carbocycles. The Labute approximate surface area is 85.0 Å². The highest BCUT2D eigenvalue weighted by molar-refractivity contribution is 5.86. The molecule has 0 aromatic heterocycles. The van der Waals surface area contributed by atoms with Crippen molar-refractivity contribution in [2.24, 2.45) is 11.1 Å². The SMILES string of the molecule is COC(=O)[C@@]1(N)CC12CCCCCC2. The molecule has 0 heterocycles. The Hall–Kier alpha value is -0.570. The van der Waals surface area contributed by atoms with E-state index in [-0.39, 0.29) is 11.4 Å². The van der Waals surface area contributed by atoms with Gasteiger partial charge in [-0.2, -0.15) is 0 Å². The summed E-state index contributed by atoms with van der Waals surface area (Å²) in [6.07, 6.45) is 8.08. The molecule has 0 radical (unpaired) electrons. The molecule has 0 unspecified atom stereocenters. The summed E-state index contributed by atoms with van der Waals surface area (Å²) < 4.78 is 4.78. The Morgan fingerprint density at radius 3 is 2.29 bits per heavy atom. The molecule has 3 nitrogen and oxygen atoms in total. The summed E-state index contributed by atoms with van der Waals surface area (Å²) in [6.45, 7) is 0. The van der Waals surface area contributed by atoms with E-state index < -0.39 is 5.54 Å². The quantitative estimate of drug-likeness (QED) is 0.650. The lowest BCUT2D eigenvalue weighted by Crippen LogP contribution is -2.40. The van der Waals surface area contributed by atoms with Crippen LogP contribution in [0.2, 0.25) is 0 Å². The van der Waals surface area contributed by atoms with Gasteiger partial charge < -0.3 is 10.5 Å². The fourth-order valence-corrected chi connectivity index (χ4v) is 2.99. The second kappa shape index (κ2) is 3.23.